The lowest BCUT2D eigenvalue weighted by Crippen LogP contribution is -2.50. The molecule has 3 rings (SSSR count). The first-order valence-corrected chi connectivity index (χ1v) is 12.0. The van der Waals surface area contributed by atoms with Gasteiger partial charge in [0, 0.05) is 39.2 Å². The Morgan fingerprint density at radius 2 is 1.69 bits per heavy atom. The van der Waals surface area contributed by atoms with Gasteiger partial charge >= 0.3 is 0 Å². The molecule has 0 radical (unpaired) electrons. The van der Waals surface area contributed by atoms with Gasteiger partial charge in [-0.15, -0.1) is 0 Å². The van der Waals surface area contributed by atoms with Crippen molar-refractivity contribution in [1.29, 1.82) is 0 Å². The quantitative estimate of drug-likeness (QED) is 0.570. The van der Waals surface area contributed by atoms with Gasteiger partial charge in [0.25, 0.3) is 0 Å². The third-order valence-electron chi connectivity index (χ3n) is 5.69. The first kappa shape index (κ1) is 22.1. The van der Waals surface area contributed by atoms with E-state index in [4.69, 9.17) is 9.47 Å². The van der Waals surface area contributed by atoms with Crippen molar-refractivity contribution in [3.63, 3.8) is 0 Å². The predicted molar refractivity (Wildman–Crippen MR) is 110 cm³/mol. The number of ether oxygens (including phenoxy) is 2. The summed E-state index contributed by atoms with van der Waals surface area (Å²) in [4.78, 5) is 14.5. The molecule has 0 bridgehead atoms. The molecule has 1 aliphatic heterocycles. The molecule has 8 heteroatoms. The van der Waals surface area contributed by atoms with Crippen molar-refractivity contribution in [3.8, 4) is 5.75 Å². The summed E-state index contributed by atoms with van der Waals surface area (Å²) in [6.07, 6.45) is 5.34. The first-order chi connectivity index (χ1) is 14.0. The number of hydrogen-bond acceptors (Lipinski definition) is 5. The average Bonchev–Trinajstić information content (AvgIpc) is 3.25. The maximum atomic E-state index is 12.9. The molecule has 7 nitrogen and oxygen atoms in total. The van der Waals surface area contributed by atoms with Crippen LogP contribution in [0.3, 0.4) is 0 Å². The molecule has 1 aromatic rings. The highest BCUT2D eigenvalue weighted by atomic mass is 32.2. The fourth-order valence-electron chi connectivity index (χ4n) is 3.99. The van der Waals surface area contributed by atoms with Crippen LogP contribution in [-0.2, 0) is 19.6 Å². The number of nitrogens with zero attached hydrogens (tertiary/aromatic N) is 2. The summed E-state index contributed by atoms with van der Waals surface area (Å²) in [6.45, 7) is 5.09. The van der Waals surface area contributed by atoms with Gasteiger partial charge in [0.15, 0.2) is 0 Å². The predicted octanol–water partition coefficient (Wildman–Crippen LogP) is 2.52. The Morgan fingerprint density at radius 1 is 1.03 bits per heavy atom. The lowest BCUT2D eigenvalue weighted by atomic mass is 10.0. The summed E-state index contributed by atoms with van der Waals surface area (Å²) in [7, 11) is -3.56. The monoisotopic (exact) mass is 424 g/mol. The van der Waals surface area contributed by atoms with Crippen molar-refractivity contribution in [2.75, 3.05) is 46.0 Å². The largest absolute Gasteiger partial charge is 0.491 e. The molecule has 0 N–H and O–H groups in total. The number of benzene rings is 1. The molecule has 1 aromatic carbocycles. The number of amides is 1. The molecule has 1 aliphatic carbocycles. The molecular weight excluding hydrogens is 392 g/mol. The number of piperazine rings is 1. The van der Waals surface area contributed by atoms with Crippen LogP contribution in [0.2, 0.25) is 0 Å². The number of rotatable bonds is 9. The molecule has 1 saturated heterocycles. The lowest BCUT2D eigenvalue weighted by Gasteiger charge is -2.34. The van der Waals surface area contributed by atoms with E-state index in [2.05, 4.69) is 0 Å². The van der Waals surface area contributed by atoms with Crippen LogP contribution >= 0.6 is 0 Å². The van der Waals surface area contributed by atoms with E-state index in [1.54, 1.807) is 24.3 Å². The highest BCUT2D eigenvalue weighted by molar-refractivity contribution is 7.89. The second kappa shape index (κ2) is 10.4. The van der Waals surface area contributed by atoms with Gasteiger partial charge in [-0.05, 0) is 49.9 Å². The van der Waals surface area contributed by atoms with E-state index in [9.17, 15) is 13.2 Å². The molecule has 2 fully saturated rings. The van der Waals surface area contributed by atoms with Gasteiger partial charge in [0.05, 0.1) is 11.5 Å². The number of carbonyl (C=O) groups is 1. The van der Waals surface area contributed by atoms with Crippen molar-refractivity contribution in [2.24, 2.45) is 5.92 Å². The Morgan fingerprint density at radius 3 is 2.31 bits per heavy atom. The van der Waals surface area contributed by atoms with Crippen LogP contribution in [0.4, 0.5) is 0 Å². The third-order valence-corrected chi connectivity index (χ3v) is 7.60. The van der Waals surface area contributed by atoms with Crippen LogP contribution in [0.5, 0.6) is 5.75 Å². The molecule has 1 amide bonds. The molecule has 0 atom stereocenters. The summed E-state index contributed by atoms with van der Waals surface area (Å²) in [5.74, 6) is 1.30. The Kier molecular flexibility index (Phi) is 7.91. The number of sulfonamides is 1. The van der Waals surface area contributed by atoms with Gasteiger partial charge < -0.3 is 14.4 Å². The minimum Gasteiger partial charge on any atom is -0.491 e. The van der Waals surface area contributed by atoms with Crippen LogP contribution < -0.4 is 4.74 Å². The van der Waals surface area contributed by atoms with Crippen molar-refractivity contribution < 1.29 is 22.7 Å². The van der Waals surface area contributed by atoms with E-state index >= 15 is 0 Å². The van der Waals surface area contributed by atoms with Crippen molar-refractivity contribution in [2.45, 2.75) is 43.9 Å². The van der Waals surface area contributed by atoms with E-state index in [1.807, 2.05) is 11.8 Å². The zero-order chi connectivity index (χ0) is 20.7. The summed E-state index contributed by atoms with van der Waals surface area (Å²) in [6, 6.07) is 6.48. The topological polar surface area (TPSA) is 76.2 Å². The SMILES string of the molecule is CCOCCOc1ccc(S(=O)(=O)N2CCN(C(=O)CC3CCCC3)CC2)cc1. The smallest absolute Gasteiger partial charge is 0.243 e. The summed E-state index contributed by atoms with van der Waals surface area (Å²) < 4.78 is 38.1. The number of hydrogen-bond donors (Lipinski definition) is 0. The lowest BCUT2D eigenvalue weighted by molar-refractivity contribution is -0.133. The summed E-state index contributed by atoms with van der Waals surface area (Å²) >= 11 is 0. The van der Waals surface area contributed by atoms with Crippen molar-refractivity contribution >= 4 is 15.9 Å². The molecule has 0 aromatic heterocycles. The summed E-state index contributed by atoms with van der Waals surface area (Å²) in [5, 5.41) is 0. The van der Waals surface area contributed by atoms with E-state index in [0.717, 1.165) is 12.8 Å². The van der Waals surface area contributed by atoms with Crippen molar-refractivity contribution in [1.82, 2.24) is 9.21 Å². The third kappa shape index (κ3) is 5.93. The van der Waals surface area contributed by atoms with Gasteiger partial charge in [0.1, 0.15) is 12.4 Å². The zero-order valence-electron chi connectivity index (χ0n) is 17.2. The molecule has 0 unspecified atom stereocenters. The normalized spacial score (nSPS) is 18.9. The van der Waals surface area contributed by atoms with Crippen LogP contribution in [0.15, 0.2) is 29.2 Å². The average molecular weight is 425 g/mol. The van der Waals surface area contributed by atoms with Gasteiger partial charge in [-0.3, -0.25) is 4.79 Å². The first-order valence-electron chi connectivity index (χ1n) is 10.6. The number of carbonyl (C=O) groups excluding carboxylic acids is 1. The maximum absolute atomic E-state index is 12.9. The van der Waals surface area contributed by atoms with Gasteiger partial charge in [-0.1, -0.05) is 12.8 Å². The van der Waals surface area contributed by atoms with Crippen LogP contribution in [0, 0.1) is 5.92 Å². The van der Waals surface area contributed by atoms with Crippen LogP contribution in [0.25, 0.3) is 0 Å². The fourth-order valence-corrected chi connectivity index (χ4v) is 5.41. The van der Waals surface area contributed by atoms with Gasteiger partial charge in [0.2, 0.25) is 15.9 Å². The Balaban J connectivity index is 1.50. The molecule has 0 spiro atoms. The Bertz CT molecular complexity index is 752. The highest BCUT2D eigenvalue weighted by Gasteiger charge is 2.31. The minimum atomic E-state index is -3.56. The molecular formula is C21H32N2O5S. The molecule has 162 valence electrons. The maximum Gasteiger partial charge on any atom is 0.243 e. The van der Waals surface area contributed by atoms with Crippen LogP contribution in [0.1, 0.15) is 39.0 Å². The molecule has 1 saturated carbocycles. The van der Waals surface area contributed by atoms with E-state index in [1.165, 1.54) is 17.1 Å². The van der Waals surface area contributed by atoms with Crippen LogP contribution in [-0.4, -0.2) is 69.5 Å². The zero-order valence-corrected chi connectivity index (χ0v) is 18.0. The highest BCUT2D eigenvalue weighted by Crippen LogP contribution is 2.28. The van der Waals surface area contributed by atoms with E-state index in [0.29, 0.717) is 64.1 Å². The standard InChI is InChI=1S/C21H32N2O5S/c1-2-27-15-16-28-19-7-9-20(10-8-19)29(25,26)23-13-11-22(12-14-23)21(24)17-18-5-3-4-6-18/h7-10,18H,2-6,11-17H2,1H3. The van der Waals surface area contributed by atoms with Crippen molar-refractivity contribution in [3.05, 3.63) is 24.3 Å². The molecule has 2 aliphatic rings. The Labute approximate surface area is 174 Å². The van der Waals surface area contributed by atoms with E-state index in [-0.39, 0.29) is 10.8 Å². The second-order valence-corrected chi connectivity index (χ2v) is 9.59. The minimum absolute atomic E-state index is 0.169. The Hall–Kier alpha value is -1.64. The molecule has 1 heterocycles. The van der Waals surface area contributed by atoms with E-state index < -0.39 is 10.0 Å². The summed E-state index contributed by atoms with van der Waals surface area (Å²) in [5.41, 5.74) is 0. The second-order valence-electron chi connectivity index (χ2n) is 7.66. The van der Waals surface area contributed by atoms with Gasteiger partial charge in [-0.2, -0.15) is 4.31 Å². The van der Waals surface area contributed by atoms with Gasteiger partial charge in [-0.25, -0.2) is 8.42 Å². The molecule has 29 heavy (non-hydrogen) atoms. The fraction of sp³-hybridized carbons (Fsp3) is 0.667.